The van der Waals surface area contributed by atoms with Gasteiger partial charge in [0.25, 0.3) is 0 Å². The molecule has 0 bridgehead atoms. The summed E-state index contributed by atoms with van der Waals surface area (Å²) in [4.78, 5) is 24.4. The van der Waals surface area contributed by atoms with E-state index in [4.69, 9.17) is 5.11 Å². The van der Waals surface area contributed by atoms with Crippen LogP contribution in [0.4, 0.5) is 4.79 Å². The maximum Gasteiger partial charge on any atom is 0.317 e. The smallest absolute Gasteiger partial charge is 0.317 e. The Morgan fingerprint density at radius 2 is 1.76 bits per heavy atom. The first-order valence-corrected chi connectivity index (χ1v) is 7.70. The van der Waals surface area contributed by atoms with Gasteiger partial charge in [-0.15, -0.1) is 0 Å². The monoisotopic (exact) mass is 300 g/mol. The van der Waals surface area contributed by atoms with Gasteiger partial charge in [0.1, 0.15) is 0 Å². The van der Waals surface area contributed by atoms with Crippen molar-refractivity contribution in [3.05, 3.63) is 0 Å². The third-order valence-corrected chi connectivity index (χ3v) is 4.76. The fourth-order valence-corrected chi connectivity index (χ4v) is 2.91. The van der Waals surface area contributed by atoms with Crippen LogP contribution in [-0.2, 0) is 4.79 Å². The summed E-state index contributed by atoms with van der Waals surface area (Å²) in [5.74, 6) is -1.08. The molecule has 0 aromatic carbocycles. The van der Waals surface area contributed by atoms with Gasteiger partial charge in [-0.05, 0) is 25.2 Å². The quantitative estimate of drug-likeness (QED) is 0.698. The first kappa shape index (κ1) is 17.8. The number of aliphatic hydroxyl groups is 1. The van der Waals surface area contributed by atoms with Gasteiger partial charge in [0, 0.05) is 19.6 Å². The number of piperidine rings is 1. The fraction of sp³-hybridized carbons (Fsp3) is 0.867. The molecule has 2 amide bonds. The average molecular weight is 300 g/mol. The molecule has 1 saturated heterocycles. The highest BCUT2D eigenvalue weighted by Crippen LogP contribution is 2.37. The molecule has 1 heterocycles. The number of carboxylic acids is 1. The van der Waals surface area contributed by atoms with Gasteiger partial charge in [0.15, 0.2) is 0 Å². The zero-order valence-electron chi connectivity index (χ0n) is 13.3. The molecule has 0 aromatic heterocycles. The van der Waals surface area contributed by atoms with Crippen molar-refractivity contribution in [3.63, 3.8) is 0 Å². The minimum Gasteiger partial charge on any atom is -0.481 e. The van der Waals surface area contributed by atoms with Crippen LogP contribution in [0.15, 0.2) is 0 Å². The SMILES string of the molecule is CCC1(CC)CCN(C(=O)NCC(C)(O)CC(=O)O)CC1. The molecule has 1 atom stereocenters. The second kappa shape index (κ2) is 7.11. The molecule has 21 heavy (non-hydrogen) atoms. The number of likely N-dealkylation sites (tertiary alicyclic amines) is 1. The summed E-state index contributed by atoms with van der Waals surface area (Å²) in [5, 5.41) is 21.2. The van der Waals surface area contributed by atoms with Gasteiger partial charge in [0.2, 0.25) is 0 Å². The van der Waals surface area contributed by atoms with Crippen LogP contribution in [0, 0.1) is 5.41 Å². The predicted molar refractivity (Wildman–Crippen MR) is 80.1 cm³/mol. The zero-order valence-corrected chi connectivity index (χ0v) is 13.3. The largest absolute Gasteiger partial charge is 0.481 e. The number of aliphatic carboxylic acids is 1. The van der Waals surface area contributed by atoms with Crippen molar-refractivity contribution < 1.29 is 19.8 Å². The van der Waals surface area contributed by atoms with Crippen molar-refractivity contribution in [1.29, 1.82) is 0 Å². The van der Waals surface area contributed by atoms with Crippen LogP contribution >= 0.6 is 0 Å². The number of carbonyl (C=O) groups excluding carboxylic acids is 1. The molecule has 1 aliphatic heterocycles. The number of hydrogen-bond donors (Lipinski definition) is 3. The number of hydrogen-bond acceptors (Lipinski definition) is 3. The molecule has 0 radical (unpaired) electrons. The molecule has 0 spiro atoms. The third kappa shape index (κ3) is 5.19. The van der Waals surface area contributed by atoms with Crippen LogP contribution in [0.2, 0.25) is 0 Å². The first-order valence-electron chi connectivity index (χ1n) is 7.70. The molecule has 0 aromatic rings. The van der Waals surface area contributed by atoms with E-state index in [-0.39, 0.29) is 19.0 Å². The molecular formula is C15H28N2O4. The molecule has 122 valence electrons. The van der Waals surface area contributed by atoms with Crippen molar-refractivity contribution in [2.75, 3.05) is 19.6 Å². The number of amides is 2. The van der Waals surface area contributed by atoms with Crippen LogP contribution in [0.5, 0.6) is 0 Å². The highest BCUT2D eigenvalue weighted by Gasteiger charge is 2.33. The van der Waals surface area contributed by atoms with Crippen LogP contribution in [0.25, 0.3) is 0 Å². The third-order valence-electron chi connectivity index (χ3n) is 4.76. The van der Waals surface area contributed by atoms with Crippen LogP contribution < -0.4 is 5.32 Å². The molecule has 6 heteroatoms. The van der Waals surface area contributed by atoms with E-state index in [1.807, 2.05) is 0 Å². The lowest BCUT2D eigenvalue weighted by molar-refractivity contribution is -0.141. The van der Waals surface area contributed by atoms with Gasteiger partial charge in [-0.25, -0.2) is 4.79 Å². The summed E-state index contributed by atoms with van der Waals surface area (Å²) < 4.78 is 0. The minimum absolute atomic E-state index is 0.0542. The summed E-state index contributed by atoms with van der Waals surface area (Å²) in [6, 6.07) is -0.221. The second-order valence-corrected chi connectivity index (χ2v) is 6.42. The Balaban J connectivity index is 2.43. The highest BCUT2D eigenvalue weighted by molar-refractivity contribution is 5.74. The number of carboxylic acid groups (broad SMARTS) is 1. The highest BCUT2D eigenvalue weighted by atomic mass is 16.4. The van der Waals surface area contributed by atoms with Crippen molar-refractivity contribution in [1.82, 2.24) is 10.2 Å². The Morgan fingerprint density at radius 3 is 2.19 bits per heavy atom. The lowest BCUT2D eigenvalue weighted by atomic mass is 9.74. The molecule has 3 N–H and O–H groups in total. The van der Waals surface area contributed by atoms with E-state index in [1.54, 1.807) is 4.90 Å². The number of rotatable bonds is 6. The molecule has 6 nitrogen and oxygen atoms in total. The number of nitrogens with one attached hydrogen (secondary N) is 1. The molecule has 1 unspecified atom stereocenters. The number of carbonyl (C=O) groups is 2. The van der Waals surface area contributed by atoms with Crippen LogP contribution in [0.3, 0.4) is 0 Å². The lowest BCUT2D eigenvalue weighted by Gasteiger charge is -2.41. The van der Waals surface area contributed by atoms with E-state index in [1.165, 1.54) is 6.92 Å². The lowest BCUT2D eigenvalue weighted by Crippen LogP contribution is -2.50. The van der Waals surface area contributed by atoms with E-state index >= 15 is 0 Å². The van der Waals surface area contributed by atoms with Crippen LogP contribution in [-0.4, -0.2) is 52.3 Å². The molecule has 0 saturated carbocycles. The zero-order chi connectivity index (χ0) is 16.1. The van der Waals surface area contributed by atoms with E-state index < -0.39 is 11.6 Å². The Kier molecular flexibility index (Phi) is 6.01. The van der Waals surface area contributed by atoms with E-state index in [0.29, 0.717) is 18.5 Å². The molecule has 1 fully saturated rings. The first-order chi connectivity index (χ1) is 9.73. The molecule has 0 aliphatic carbocycles. The Morgan fingerprint density at radius 1 is 1.24 bits per heavy atom. The van der Waals surface area contributed by atoms with Crippen molar-refractivity contribution in [2.45, 2.75) is 58.5 Å². The average Bonchev–Trinajstić information content (AvgIpc) is 2.43. The molecular weight excluding hydrogens is 272 g/mol. The summed E-state index contributed by atoms with van der Waals surface area (Å²) in [7, 11) is 0. The van der Waals surface area contributed by atoms with Gasteiger partial charge >= 0.3 is 12.0 Å². The molecule has 1 aliphatic rings. The van der Waals surface area contributed by atoms with Crippen LogP contribution in [0.1, 0.15) is 52.9 Å². The summed E-state index contributed by atoms with van der Waals surface area (Å²) in [6.07, 6.45) is 3.87. The summed E-state index contributed by atoms with van der Waals surface area (Å²) in [6.45, 7) is 7.19. The van der Waals surface area contributed by atoms with Crippen molar-refractivity contribution in [3.8, 4) is 0 Å². The fourth-order valence-electron chi connectivity index (χ4n) is 2.91. The summed E-state index contributed by atoms with van der Waals surface area (Å²) in [5.41, 5.74) is -1.07. The molecule has 1 rings (SSSR count). The van der Waals surface area contributed by atoms with Crippen molar-refractivity contribution >= 4 is 12.0 Å². The van der Waals surface area contributed by atoms with E-state index in [2.05, 4.69) is 19.2 Å². The number of nitrogens with zero attached hydrogens (tertiary/aromatic N) is 1. The maximum absolute atomic E-state index is 12.1. The maximum atomic E-state index is 12.1. The second-order valence-electron chi connectivity index (χ2n) is 6.42. The topological polar surface area (TPSA) is 89.9 Å². The number of urea groups is 1. The van der Waals surface area contributed by atoms with E-state index in [0.717, 1.165) is 25.7 Å². The van der Waals surface area contributed by atoms with Gasteiger partial charge < -0.3 is 20.4 Å². The summed E-state index contributed by atoms with van der Waals surface area (Å²) >= 11 is 0. The Labute approximate surface area is 126 Å². The van der Waals surface area contributed by atoms with Gasteiger partial charge in [-0.2, -0.15) is 0 Å². The normalized spacial score (nSPS) is 20.7. The van der Waals surface area contributed by atoms with Crippen molar-refractivity contribution in [2.24, 2.45) is 5.41 Å². The minimum atomic E-state index is -1.42. The van der Waals surface area contributed by atoms with E-state index in [9.17, 15) is 14.7 Å². The Hall–Kier alpha value is -1.30. The van der Waals surface area contributed by atoms with Gasteiger partial charge in [0.05, 0.1) is 12.0 Å². The predicted octanol–water partition coefficient (Wildman–Crippen LogP) is 1.82. The Bertz CT molecular complexity index is 368. The van der Waals surface area contributed by atoms with Gasteiger partial charge in [-0.3, -0.25) is 4.79 Å². The standard InChI is InChI=1S/C15H28N2O4/c1-4-15(5-2)6-8-17(9-7-15)13(20)16-11-14(3,21)10-12(18)19/h21H,4-11H2,1-3H3,(H,16,20)(H,18,19). The van der Waals surface area contributed by atoms with Gasteiger partial charge in [-0.1, -0.05) is 26.7 Å².